The van der Waals surface area contributed by atoms with Gasteiger partial charge in [-0.15, -0.1) is 0 Å². The molecule has 0 aliphatic carbocycles. The van der Waals surface area contributed by atoms with E-state index in [9.17, 15) is 0 Å². The molecule has 6 nitrogen and oxygen atoms in total. The first kappa shape index (κ1) is 20.9. The van der Waals surface area contributed by atoms with Crippen molar-refractivity contribution in [1.82, 2.24) is 29.7 Å². The Kier molecular flexibility index (Phi) is 5.33. The number of aryl methyl sites for hydroxylation is 1. The number of likely N-dealkylation sites (tertiary alicyclic amines) is 1. The predicted molar refractivity (Wildman–Crippen MR) is 129 cm³/mol. The maximum Gasteiger partial charge on any atom is 0.158 e. The highest BCUT2D eigenvalue weighted by Gasteiger charge is 2.28. The first-order chi connectivity index (χ1) is 15.4. The van der Waals surface area contributed by atoms with Crippen LogP contribution in [0.3, 0.4) is 0 Å². The second-order valence-corrected chi connectivity index (χ2v) is 9.57. The number of hydrogen-bond donors (Lipinski definition) is 1. The molecule has 32 heavy (non-hydrogen) atoms. The van der Waals surface area contributed by atoms with Crippen LogP contribution in [0, 0.1) is 6.92 Å². The minimum atomic E-state index is 0.330. The molecule has 5 rings (SSSR count). The third kappa shape index (κ3) is 3.52. The lowest BCUT2D eigenvalue weighted by atomic mass is 9.93. The van der Waals surface area contributed by atoms with E-state index >= 15 is 0 Å². The standard InChI is InChI=1S/C26H32N6/c1-16(2)23-24(20-10-8-19(9-11-20)22-7-6-12-31(22)17(3)4)29-30-25(23)21-13-18(5)26-27-15-28-32(26)14-21/h8-11,13-17,22H,6-7,12H2,1-5H3,(H,29,30). The first-order valence-corrected chi connectivity index (χ1v) is 11.7. The zero-order chi connectivity index (χ0) is 22.4. The van der Waals surface area contributed by atoms with Crippen molar-refractivity contribution in [2.24, 2.45) is 0 Å². The third-order valence-corrected chi connectivity index (χ3v) is 6.76. The van der Waals surface area contributed by atoms with Gasteiger partial charge in [0.25, 0.3) is 0 Å². The summed E-state index contributed by atoms with van der Waals surface area (Å²) < 4.78 is 1.83. The minimum absolute atomic E-state index is 0.330. The Hall–Kier alpha value is -2.99. The summed E-state index contributed by atoms with van der Waals surface area (Å²) >= 11 is 0. The zero-order valence-corrected chi connectivity index (χ0v) is 19.6. The number of pyridine rings is 1. The lowest BCUT2D eigenvalue weighted by molar-refractivity contribution is 0.205. The highest BCUT2D eigenvalue weighted by Crippen LogP contribution is 2.38. The first-order valence-electron chi connectivity index (χ1n) is 11.7. The molecule has 0 radical (unpaired) electrons. The number of aromatic amines is 1. The van der Waals surface area contributed by atoms with Crippen LogP contribution in [0.1, 0.15) is 69.2 Å². The van der Waals surface area contributed by atoms with Crippen LogP contribution in [-0.4, -0.2) is 42.3 Å². The fourth-order valence-electron chi connectivity index (χ4n) is 5.21. The Morgan fingerprint density at radius 3 is 2.56 bits per heavy atom. The quantitative estimate of drug-likeness (QED) is 0.439. The average molecular weight is 429 g/mol. The lowest BCUT2D eigenvalue weighted by Gasteiger charge is -2.28. The van der Waals surface area contributed by atoms with E-state index in [2.05, 4.69) is 85.0 Å². The van der Waals surface area contributed by atoms with E-state index in [1.807, 2.05) is 10.7 Å². The van der Waals surface area contributed by atoms with Gasteiger partial charge in [-0.05, 0) is 68.8 Å². The number of hydrogen-bond acceptors (Lipinski definition) is 4. The molecule has 0 spiro atoms. The Morgan fingerprint density at radius 2 is 1.84 bits per heavy atom. The summed E-state index contributed by atoms with van der Waals surface area (Å²) in [7, 11) is 0. The average Bonchev–Trinajstić information content (AvgIpc) is 3.52. The molecule has 4 aromatic rings. The van der Waals surface area contributed by atoms with Crippen LogP contribution >= 0.6 is 0 Å². The molecule has 1 aliphatic heterocycles. The van der Waals surface area contributed by atoms with Crippen molar-refractivity contribution in [3.05, 3.63) is 59.5 Å². The monoisotopic (exact) mass is 428 g/mol. The van der Waals surface area contributed by atoms with Gasteiger partial charge in [0.15, 0.2) is 5.65 Å². The van der Waals surface area contributed by atoms with E-state index < -0.39 is 0 Å². The molecule has 6 heteroatoms. The molecule has 0 saturated carbocycles. The Bertz CT molecular complexity index is 1230. The number of fused-ring (bicyclic) bond motifs is 1. The molecule has 1 saturated heterocycles. The summed E-state index contributed by atoms with van der Waals surface area (Å²) in [4.78, 5) is 6.96. The van der Waals surface area contributed by atoms with E-state index in [4.69, 9.17) is 5.10 Å². The van der Waals surface area contributed by atoms with E-state index in [-0.39, 0.29) is 0 Å². The summed E-state index contributed by atoms with van der Waals surface area (Å²) in [5.74, 6) is 0.330. The molecule has 3 aromatic heterocycles. The fourth-order valence-corrected chi connectivity index (χ4v) is 5.21. The van der Waals surface area contributed by atoms with Gasteiger partial charge >= 0.3 is 0 Å². The van der Waals surface area contributed by atoms with Crippen LogP contribution in [0.4, 0.5) is 0 Å². The van der Waals surface area contributed by atoms with Gasteiger partial charge in [-0.2, -0.15) is 10.2 Å². The van der Waals surface area contributed by atoms with Gasteiger partial charge in [0.1, 0.15) is 6.33 Å². The van der Waals surface area contributed by atoms with E-state index in [0.717, 1.165) is 28.2 Å². The summed E-state index contributed by atoms with van der Waals surface area (Å²) in [5, 5.41) is 12.4. The van der Waals surface area contributed by atoms with Crippen molar-refractivity contribution in [2.75, 3.05) is 6.54 Å². The van der Waals surface area contributed by atoms with Crippen LogP contribution in [0.25, 0.3) is 28.2 Å². The van der Waals surface area contributed by atoms with Gasteiger partial charge in [0.2, 0.25) is 0 Å². The summed E-state index contributed by atoms with van der Waals surface area (Å²) in [6.45, 7) is 12.3. The molecule has 1 unspecified atom stereocenters. The van der Waals surface area contributed by atoms with Gasteiger partial charge in [0.05, 0.1) is 11.4 Å². The van der Waals surface area contributed by atoms with Crippen LogP contribution in [-0.2, 0) is 0 Å². The SMILES string of the molecule is Cc1cc(-c2n[nH]c(-c3ccc(C4CCCN4C(C)C)cc3)c2C(C)C)cn2ncnc12. The predicted octanol–water partition coefficient (Wildman–Crippen LogP) is 5.76. The van der Waals surface area contributed by atoms with E-state index in [0.29, 0.717) is 18.0 Å². The molecule has 1 atom stereocenters. The Morgan fingerprint density at radius 1 is 1.06 bits per heavy atom. The summed E-state index contributed by atoms with van der Waals surface area (Å²) in [6, 6.07) is 12.4. The van der Waals surface area contributed by atoms with E-state index in [1.165, 1.54) is 36.1 Å². The molecule has 1 fully saturated rings. The minimum Gasteiger partial charge on any atom is -0.294 e. The molecule has 0 bridgehead atoms. The number of aromatic nitrogens is 5. The molecule has 1 aromatic carbocycles. The normalized spacial score (nSPS) is 17.3. The Labute approximate surface area is 189 Å². The zero-order valence-electron chi connectivity index (χ0n) is 19.6. The van der Waals surface area contributed by atoms with Crippen molar-refractivity contribution in [3.63, 3.8) is 0 Å². The third-order valence-electron chi connectivity index (χ3n) is 6.76. The van der Waals surface area contributed by atoms with Crippen LogP contribution in [0.15, 0.2) is 42.9 Å². The molecule has 1 aliphatic rings. The number of nitrogens with one attached hydrogen (secondary N) is 1. The van der Waals surface area contributed by atoms with Gasteiger partial charge < -0.3 is 0 Å². The summed E-state index contributed by atoms with van der Waals surface area (Å²) in [5.41, 5.74) is 8.96. The molecule has 4 heterocycles. The van der Waals surface area contributed by atoms with Gasteiger partial charge in [-0.3, -0.25) is 10.00 Å². The van der Waals surface area contributed by atoms with Crippen LogP contribution < -0.4 is 0 Å². The second kappa shape index (κ2) is 8.17. The highest BCUT2D eigenvalue weighted by molar-refractivity contribution is 5.76. The maximum atomic E-state index is 4.76. The molecule has 166 valence electrons. The van der Waals surface area contributed by atoms with Crippen molar-refractivity contribution >= 4 is 5.65 Å². The van der Waals surface area contributed by atoms with Gasteiger partial charge in [-0.1, -0.05) is 38.1 Å². The number of H-pyrrole nitrogens is 1. The molecule has 0 amide bonds. The topological polar surface area (TPSA) is 62.1 Å². The van der Waals surface area contributed by atoms with Crippen molar-refractivity contribution in [2.45, 2.75) is 65.5 Å². The van der Waals surface area contributed by atoms with Gasteiger partial charge in [0, 0.05) is 29.4 Å². The van der Waals surface area contributed by atoms with Crippen molar-refractivity contribution < 1.29 is 0 Å². The number of benzene rings is 1. The highest BCUT2D eigenvalue weighted by atomic mass is 15.3. The smallest absolute Gasteiger partial charge is 0.158 e. The second-order valence-electron chi connectivity index (χ2n) is 9.57. The van der Waals surface area contributed by atoms with Gasteiger partial charge in [-0.25, -0.2) is 9.50 Å². The van der Waals surface area contributed by atoms with Crippen molar-refractivity contribution in [3.8, 4) is 22.5 Å². The molecular formula is C26H32N6. The van der Waals surface area contributed by atoms with Crippen LogP contribution in [0.5, 0.6) is 0 Å². The van der Waals surface area contributed by atoms with E-state index in [1.54, 1.807) is 6.33 Å². The molecular weight excluding hydrogens is 396 g/mol. The fraction of sp³-hybridized carbons (Fsp3) is 0.423. The number of rotatable bonds is 5. The number of nitrogens with zero attached hydrogens (tertiary/aromatic N) is 5. The van der Waals surface area contributed by atoms with Crippen molar-refractivity contribution in [1.29, 1.82) is 0 Å². The Balaban J connectivity index is 1.52. The maximum absolute atomic E-state index is 4.76. The van der Waals surface area contributed by atoms with Crippen LogP contribution in [0.2, 0.25) is 0 Å². The summed E-state index contributed by atoms with van der Waals surface area (Å²) in [6.07, 6.45) is 6.14. The lowest BCUT2D eigenvalue weighted by Crippen LogP contribution is -2.30. The molecule has 1 N–H and O–H groups in total. The largest absolute Gasteiger partial charge is 0.294 e.